The Labute approximate surface area is 164 Å². The molecule has 0 radical (unpaired) electrons. The lowest BCUT2D eigenvalue weighted by molar-refractivity contribution is 0.134. The lowest BCUT2D eigenvalue weighted by Gasteiger charge is -2.34. The summed E-state index contributed by atoms with van der Waals surface area (Å²) in [4.78, 5) is 13.7. The summed E-state index contributed by atoms with van der Waals surface area (Å²) in [5.74, 6) is 0. The molecule has 2 aliphatic heterocycles. The van der Waals surface area contributed by atoms with Crippen LogP contribution in [0.4, 0.5) is 4.79 Å². The Morgan fingerprint density at radius 1 is 1.11 bits per heavy atom. The summed E-state index contributed by atoms with van der Waals surface area (Å²) in [5, 5.41) is 7.65. The maximum atomic E-state index is 13.1. The second-order valence-electron chi connectivity index (χ2n) is 7.05. The van der Waals surface area contributed by atoms with Gasteiger partial charge in [-0.05, 0) is 49.1 Å². The molecule has 4 rings (SSSR count). The first-order chi connectivity index (χ1) is 13.5. The van der Waals surface area contributed by atoms with Gasteiger partial charge in [-0.3, -0.25) is 0 Å². The molecule has 0 bridgehead atoms. The number of aryl methyl sites for hydroxylation is 1. The number of nitrogens with zero attached hydrogens (tertiary/aromatic N) is 4. The molecule has 2 fully saturated rings. The molecule has 28 heavy (non-hydrogen) atoms. The van der Waals surface area contributed by atoms with E-state index in [2.05, 4.69) is 10.2 Å². The predicted molar refractivity (Wildman–Crippen MR) is 102 cm³/mol. The molecule has 0 aliphatic carbocycles. The van der Waals surface area contributed by atoms with Crippen molar-refractivity contribution in [3.8, 4) is 11.1 Å². The number of hydrogen-bond donors (Lipinski definition) is 0. The minimum Gasteiger partial charge on any atom is -0.448 e. The van der Waals surface area contributed by atoms with Gasteiger partial charge < -0.3 is 9.64 Å². The SMILES string of the molecule is Cc1cc(S(=O)(=O)N2CCC(N3CCOC3=O)CC2)ccc1-c1ccnnc1. The minimum atomic E-state index is -3.57. The number of hydrogen-bond acceptors (Lipinski definition) is 6. The van der Waals surface area contributed by atoms with E-state index >= 15 is 0 Å². The normalized spacial score (nSPS) is 19.0. The molecular weight excluding hydrogens is 380 g/mol. The van der Waals surface area contributed by atoms with Gasteiger partial charge in [-0.1, -0.05) is 6.07 Å². The number of benzene rings is 1. The predicted octanol–water partition coefficient (Wildman–Crippen LogP) is 2.06. The van der Waals surface area contributed by atoms with Crippen molar-refractivity contribution < 1.29 is 17.9 Å². The van der Waals surface area contributed by atoms with Crippen LogP contribution >= 0.6 is 0 Å². The van der Waals surface area contributed by atoms with Gasteiger partial charge in [-0.25, -0.2) is 13.2 Å². The van der Waals surface area contributed by atoms with E-state index in [1.807, 2.05) is 19.1 Å². The fourth-order valence-corrected chi connectivity index (χ4v) is 5.41. The van der Waals surface area contributed by atoms with Crippen molar-refractivity contribution in [1.29, 1.82) is 0 Å². The van der Waals surface area contributed by atoms with Crippen molar-refractivity contribution in [2.24, 2.45) is 0 Å². The van der Waals surface area contributed by atoms with Gasteiger partial charge in [-0.15, -0.1) is 0 Å². The second-order valence-corrected chi connectivity index (χ2v) is 8.99. The van der Waals surface area contributed by atoms with Crippen LogP contribution in [0.5, 0.6) is 0 Å². The minimum absolute atomic E-state index is 0.0461. The summed E-state index contributed by atoms with van der Waals surface area (Å²) in [7, 11) is -3.57. The number of ether oxygens (including phenoxy) is 1. The number of rotatable bonds is 4. The van der Waals surface area contributed by atoms with Crippen LogP contribution in [0, 0.1) is 6.92 Å². The Balaban J connectivity index is 1.50. The molecule has 2 aromatic rings. The van der Waals surface area contributed by atoms with Gasteiger partial charge in [0.15, 0.2) is 0 Å². The lowest BCUT2D eigenvalue weighted by Crippen LogP contribution is -2.47. The van der Waals surface area contributed by atoms with Crippen molar-refractivity contribution in [2.45, 2.75) is 30.7 Å². The Morgan fingerprint density at radius 3 is 2.50 bits per heavy atom. The largest absolute Gasteiger partial charge is 0.448 e. The highest BCUT2D eigenvalue weighted by molar-refractivity contribution is 7.89. The number of carbonyl (C=O) groups is 1. The molecule has 1 aromatic heterocycles. The maximum Gasteiger partial charge on any atom is 0.410 e. The van der Waals surface area contributed by atoms with Gasteiger partial charge in [-0.2, -0.15) is 14.5 Å². The molecule has 8 nitrogen and oxygen atoms in total. The van der Waals surface area contributed by atoms with Crippen molar-refractivity contribution in [1.82, 2.24) is 19.4 Å². The molecule has 0 saturated carbocycles. The van der Waals surface area contributed by atoms with Crippen LogP contribution in [-0.4, -0.2) is 66.2 Å². The van der Waals surface area contributed by atoms with Gasteiger partial charge in [0.1, 0.15) is 6.61 Å². The van der Waals surface area contributed by atoms with E-state index in [0.717, 1.165) is 16.7 Å². The fraction of sp³-hybridized carbons (Fsp3) is 0.421. The van der Waals surface area contributed by atoms with E-state index in [1.165, 1.54) is 4.31 Å². The molecular formula is C19H22N4O4S. The van der Waals surface area contributed by atoms with Crippen molar-refractivity contribution in [3.05, 3.63) is 42.2 Å². The van der Waals surface area contributed by atoms with Gasteiger partial charge in [0.2, 0.25) is 10.0 Å². The summed E-state index contributed by atoms with van der Waals surface area (Å²) in [6, 6.07) is 7.05. The Hall–Kier alpha value is -2.52. The van der Waals surface area contributed by atoms with Gasteiger partial charge in [0.05, 0.1) is 23.8 Å². The third-order valence-corrected chi connectivity index (χ3v) is 7.28. The van der Waals surface area contributed by atoms with Crippen LogP contribution in [0.2, 0.25) is 0 Å². The molecule has 2 aliphatic rings. The topological polar surface area (TPSA) is 92.7 Å². The van der Waals surface area contributed by atoms with Crippen LogP contribution in [0.1, 0.15) is 18.4 Å². The first kappa shape index (κ1) is 18.8. The Bertz CT molecular complexity index is 973. The maximum absolute atomic E-state index is 13.1. The third kappa shape index (κ3) is 3.47. The molecule has 0 unspecified atom stereocenters. The molecule has 1 aromatic carbocycles. The molecule has 3 heterocycles. The average molecular weight is 402 g/mol. The summed E-state index contributed by atoms with van der Waals surface area (Å²) in [6.07, 6.45) is 4.21. The first-order valence-corrected chi connectivity index (χ1v) is 10.7. The van der Waals surface area contributed by atoms with Gasteiger partial charge >= 0.3 is 6.09 Å². The van der Waals surface area contributed by atoms with Crippen molar-refractivity contribution in [2.75, 3.05) is 26.2 Å². The standard InChI is InChI=1S/C19H22N4O4S/c1-14-12-17(2-3-18(14)15-4-7-20-21-13-15)28(25,26)22-8-5-16(6-9-22)23-10-11-27-19(23)24/h2-4,7,12-13,16H,5-6,8-11H2,1H3. The highest BCUT2D eigenvalue weighted by Crippen LogP contribution is 2.28. The van der Waals surface area contributed by atoms with E-state index in [4.69, 9.17) is 4.74 Å². The lowest BCUT2D eigenvalue weighted by atomic mass is 10.0. The molecule has 2 saturated heterocycles. The molecule has 0 N–H and O–H groups in total. The summed E-state index contributed by atoms with van der Waals surface area (Å²) < 4.78 is 32.7. The quantitative estimate of drug-likeness (QED) is 0.777. The highest BCUT2D eigenvalue weighted by atomic mass is 32.2. The number of amides is 1. The fourth-order valence-electron chi connectivity index (χ4n) is 3.85. The number of sulfonamides is 1. The highest BCUT2D eigenvalue weighted by Gasteiger charge is 2.35. The summed E-state index contributed by atoms with van der Waals surface area (Å²) >= 11 is 0. The zero-order valence-corrected chi connectivity index (χ0v) is 16.4. The average Bonchev–Trinajstić information content (AvgIpc) is 3.14. The number of aromatic nitrogens is 2. The number of piperidine rings is 1. The van der Waals surface area contributed by atoms with E-state index in [-0.39, 0.29) is 17.0 Å². The number of cyclic esters (lactones) is 1. The van der Waals surface area contributed by atoms with E-state index < -0.39 is 10.0 Å². The van der Waals surface area contributed by atoms with Crippen LogP contribution in [-0.2, 0) is 14.8 Å². The van der Waals surface area contributed by atoms with Crippen molar-refractivity contribution >= 4 is 16.1 Å². The number of carbonyl (C=O) groups excluding carboxylic acids is 1. The summed E-state index contributed by atoms with van der Waals surface area (Å²) in [6.45, 7) is 3.68. The monoisotopic (exact) mass is 402 g/mol. The molecule has 0 atom stereocenters. The Kier molecular flexibility index (Phi) is 5.03. The molecule has 1 amide bonds. The second kappa shape index (κ2) is 7.48. The van der Waals surface area contributed by atoms with E-state index in [9.17, 15) is 13.2 Å². The van der Waals surface area contributed by atoms with Crippen LogP contribution in [0.3, 0.4) is 0 Å². The van der Waals surface area contributed by atoms with Gasteiger partial charge in [0.25, 0.3) is 0 Å². The first-order valence-electron chi connectivity index (χ1n) is 9.28. The molecule has 0 spiro atoms. The zero-order valence-electron chi connectivity index (χ0n) is 15.6. The smallest absolute Gasteiger partial charge is 0.410 e. The summed E-state index contributed by atoms with van der Waals surface area (Å²) in [5.41, 5.74) is 2.69. The van der Waals surface area contributed by atoms with Crippen LogP contribution in [0.25, 0.3) is 11.1 Å². The van der Waals surface area contributed by atoms with Crippen LogP contribution in [0.15, 0.2) is 41.6 Å². The zero-order chi connectivity index (χ0) is 19.7. The van der Waals surface area contributed by atoms with Crippen molar-refractivity contribution in [3.63, 3.8) is 0 Å². The molecule has 9 heteroatoms. The van der Waals surface area contributed by atoms with Gasteiger partial charge in [0, 0.05) is 24.7 Å². The molecule has 148 valence electrons. The third-order valence-electron chi connectivity index (χ3n) is 5.39. The Morgan fingerprint density at radius 2 is 1.89 bits per heavy atom. The van der Waals surface area contributed by atoms with Crippen LogP contribution < -0.4 is 0 Å². The van der Waals surface area contributed by atoms with E-state index in [1.54, 1.807) is 29.4 Å². The van der Waals surface area contributed by atoms with E-state index in [0.29, 0.717) is 39.1 Å².